The van der Waals surface area contributed by atoms with Gasteiger partial charge in [0.1, 0.15) is 16.6 Å². The summed E-state index contributed by atoms with van der Waals surface area (Å²) < 4.78 is 26.5. The predicted octanol–water partition coefficient (Wildman–Crippen LogP) is 3.62. The summed E-state index contributed by atoms with van der Waals surface area (Å²) >= 11 is 1.22. The van der Waals surface area contributed by atoms with E-state index in [1.165, 1.54) is 23.5 Å². The van der Waals surface area contributed by atoms with Crippen LogP contribution in [0.4, 0.5) is 8.78 Å². The largest absolute Gasteiger partial charge is 0.385 e. The molecule has 1 N–H and O–H groups in total. The Hall–Kier alpha value is -1.33. The van der Waals surface area contributed by atoms with Gasteiger partial charge in [-0.3, -0.25) is 0 Å². The third-order valence-electron chi connectivity index (χ3n) is 2.51. The second-order valence-corrected chi connectivity index (χ2v) is 5.62. The van der Waals surface area contributed by atoms with E-state index in [1.54, 1.807) is 20.8 Å². The molecule has 0 aliphatic carbocycles. The summed E-state index contributed by atoms with van der Waals surface area (Å²) in [7, 11) is 0. The van der Waals surface area contributed by atoms with Gasteiger partial charge < -0.3 is 5.11 Å². The zero-order chi connectivity index (χ0) is 13.5. The van der Waals surface area contributed by atoms with E-state index in [4.69, 9.17) is 0 Å². The van der Waals surface area contributed by atoms with E-state index in [9.17, 15) is 13.9 Å². The van der Waals surface area contributed by atoms with Crippen LogP contribution in [0.5, 0.6) is 0 Å². The summed E-state index contributed by atoms with van der Waals surface area (Å²) in [5.74, 6) is -1.27. The third kappa shape index (κ3) is 2.42. The maximum absolute atomic E-state index is 13.6. The van der Waals surface area contributed by atoms with Crippen molar-refractivity contribution in [1.29, 1.82) is 0 Å². The summed E-state index contributed by atoms with van der Waals surface area (Å²) in [6, 6.07) is 3.38. The molecular weight excluding hydrogens is 256 g/mol. The first kappa shape index (κ1) is 13.1. The molecule has 1 aromatic carbocycles. The first-order valence-electron chi connectivity index (χ1n) is 5.45. The summed E-state index contributed by atoms with van der Waals surface area (Å²) in [5, 5.41) is 10.4. The number of aromatic nitrogens is 1. The number of nitrogens with zero attached hydrogens (tertiary/aromatic N) is 1. The number of hydrogen-bond acceptors (Lipinski definition) is 3. The van der Waals surface area contributed by atoms with Crippen LogP contribution in [0.15, 0.2) is 18.2 Å². The maximum atomic E-state index is 13.6. The highest BCUT2D eigenvalue weighted by atomic mass is 32.1. The van der Waals surface area contributed by atoms with Crippen LogP contribution in [-0.2, 0) is 5.60 Å². The molecule has 2 aromatic rings. The summed E-state index contributed by atoms with van der Waals surface area (Å²) in [6.07, 6.45) is 0. The quantitative estimate of drug-likeness (QED) is 0.903. The molecule has 18 heavy (non-hydrogen) atoms. The molecule has 96 valence electrons. The first-order valence-corrected chi connectivity index (χ1v) is 6.26. The van der Waals surface area contributed by atoms with Gasteiger partial charge in [0.05, 0.1) is 16.2 Å². The zero-order valence-corrected chi connectivity index (χ0v) is 11.1. The highest BCUT2D eigenvalue weighted by Gasteiger charge is 2.24. The van der Waals surface area contributed by atoms with E-state index in [2.05, 4.69) is 4.98 Å². The molecule has 2 nitrogen and oxygen atoms in total. The van der Waals surface area contributed by atoms with Gasteiger partial charge in [-0.2, -0.15) is 0 Å². The molecular formula is C13H13F2NOS. The number of thiazole rings is 1. The van der Waals surface area contributed by atoms with E-state index >= 15 is 0 Å². The molecule has 0 spiro atoms. The number of halogens is 2. The maximum Gasteiger partial charge on any atom is 0.136 e. The van der Waals surface area contributed by atoms with Crippen molar-refractivity contribution in [2.45, 2.75) is 26.4 Å². The van der Waals surface area contributed by atoms with Crippen molar-refractivity contribution in [2.75, 3.05) is 0 Å². The molecule has 0 unspecified atom stereocenters. The fourth-order valence-corrected chi connectivity index (χ4v) is 2.84. The number of rotatable bonds is 2. The molecule has 0 amide bonds. The van der Waals surface area contributed by atoms with E-state index in [0.717, 1.165) is 6.07 Å². The monoisotopic (exact) mass is 269 g/mol. The van der Waals surface area contributed by atoms with Crippen LogP contribution < -0.4 is 0 Å². The lowest BCUT2D eigenvalue weighted by molar-refractivity contribution is 0.0817. The third-order valence-corrected chi connectivity index (χ3v) is 4.02. The molecule has 0 bridgehead atoms. The van der Waals surface area contributed by atoms with Crippen molar-refractivity contribution >= 4 is 11.3 Å². The Bertz CT molecular complexity index is 587. The molecule has 0 saturated carbocycles. The van der Waals surface area contributed by atoms with E-state index in [0.29, 0.717) is 15.6 Å². The molecule has 0 aliphatic heterocycles. The Morgan fingerprint density at radius 1 is 1.28 bits per heavy atom. The Morgan fingerprint density at radius 3 is 2.44 bits per heavy atom. The normalized spacial score (nSPS) is 11.9. The lowest BCUT2D eigenvalue weighted by Crippen LogP contribution is -2.14. The Balaban J connectivity index is 2.53. The Kier molecular flexibility index (Phi) is 3.21. The average Bonchev–Trinajstić information content (AvgIpc) is 2.59. The molecule has 1 heterocycles. The van der Waals surface area contributed by atoms with Gasteiger partial charge in [-0.25, -0.2) is 13.8 Å². The fraction of sp³-hybridized carbons (Fsp3) is 0.308. The van der Waals surface area contributed by atoms with Crippen molar-refractivity contribution in [3.05, 3.63) is 40.4 Å². The van der Waals surface area contributed by atoms with Crippen LogP contribution >= 0.6 is 11.3 Å². The van der Waals surface area contributed by atoms with Crippen LogP contribution in [0.3, 0.4) is 0 Å². The fourth-order valence-electron chi connectivity index (χ4n) is 1.74. The highest BCUT2D eigenvalue weighted by Crippen LogP contribution is 2.35. The topological polar surface area (TPSA) is 33.1 Å². The number of benzene rings is 1. The summed E-state index contributed by atoms with van der Waals surface area (Å²) in [4.78, 5) is 4.92. The molecule has 0 fully saturated rings. The standard InChI is InChI=1S/C13H13F2NOS/c1-7-11(13(2,3)17)18-12(16-7)9-5-4-8(14)6-10(9)15/h4-6,17H,1-3H3. The molecule has 2 rings (SSSR count). The van der Waals surface area contributed by atoms with Crippen LogP contribution in [0.2, 0.25) is 0 Å². The molecule has 5 heteroatoms. The number of aryl methyl sites for hydroxylation is 1. The van der Waals surface area contributed by atoms with Crippen molar-refractivity contribution in [3.8, 4) is 10.6 Å². The molecule has 0 saturated heterocycles. The van der Waals surface area contributed by atoms with Crippen molar-refractivity contribution in [2.24, 2.45) is 0 Å². The summed E-state index contributed by atoms with van der Waals surface area (Å²) in [5.41, 5.74) is -0.109. The highest BCUT2D eigenvalue weighted by molar-refractivity contribution is 7.15. The molecule has 1 aromatic heterocycles. The van der Waals surface area contributed by atoms with Gasteiger partial charge in [-0.1, -0.05) is 0 Å². The molecule has 0 atom stereocenters. The minimum absolute atomic E-state index is 0.250. The van der Waals surface area contributed by atoms with Gasteiger partial charge in [0, 0.05) is 11.6 Å². The smallest absolute Gasteiger partial charge is 0.136 e. The minimum atomic E-state index is -1.02. The van der Waals surface area contributed by atoms with Crippen molar-refractivity contribution in [1.82, 2.24) is 4.98 Å². The second kappa shape index (κ2) is 4.40. The second-order valence-electron chi connectivity index (χ2n) is 4.62. The average molecular weight is 269 g/mol. The van der Waals surface area contributed by atoms with Crippen molar-refractivity contribution in [3.63, 3.8) is 0 Å². The van der Waals surface area contributed by atoms with E-state index < -0.39 is 17.2 Å². The SMILES string of the molecule is Cc1nc(-c2ccc(F)cc2F)sc1C(C)(C)O. The predicted molar refractivity (Wildman–Crippen MR) is 67.4 cm³/mol. The lowest BCUT2D eigenvalue weighted by Gasteiger charge is -2.14. The van der Waals surface area contributed by atoms with Gasteiger partial charge in [0.15, 0.2) is 0 Å². The molecule has 0 aliphatic rings. The zero-order valence-electron chi connectivity index (χ0n) is 10.3. The van der Waals surface area contributed by atoms with Crippen LogP contribution in [-0.4, -0.2) is 10.1 Å². The first-order chi connectivity index (χ1) is 8.29. The van der Waals surface area contributed by atoms with Gasteiger partial charge in [-0.05, 0) is 32.9 Å². The lowest BCUT2D eigenvalue weighted by atomic mass is 10.1. The van der Waals surface area contributed by atoms with Gasteiger partial charge in [0.25, 0.3) is 0 Å². The van der Waals surface area contributed by atoms with Crippen LogP contribution in [0, 0.1) is 18.6 Å². The van der Waals surface area contributed by atoms with Gasteiger partial charge in [-0.15, -0.1) is 11.3 Å². The number of hydrogen-bond donors (Lipinski definition) is 1. The van der Waals surface area contributed by atoms with Gasteiger partial charge >= 0.3 is 0 Å². The van der Waals surface area contributed by atoms with Crippen LogP contribution in [0.25, 0.3) is 10.6 Å². The minimum Gasteiger partial charge on any atom is -0.385 e. The summed E-state index contributed by atoms with van der Waals surface area (Å²) in [6.45, 7) is 5.06. The van der Waals surface area contributed by atoms with Gasteiger partial charge in [0.2, 0.25) is 0 Å². The van der Waals surface area contributed by atoms with E-state index in [1.807, 2.05) is 0 Å². The molecule has 0 radical (unpaired) electrons. The van der Waals surface area contributed by atoms with Crippen LogP contribution in [0.1, 0.15) is 24.4 Å². The van der Waals surface area contributed by atoms with E-state index in [-0.39, 0.29) is 5.56 Å². The Morgan fingerprint density at radius 2 is 1.94 bits per heavy atom. The Labute approximate surface area is 108 Å². The van der Waals surface area contributed by atoms with Crippen molar-refractivity contribution < 1.29 is 13.9 Å². The number of aliphatic hydroxyl groups is 1.